The second kappa shape index (κ2) is 3.47. The largest absolute Gasteiger partial charge is 0.276 e. The number of hydrogen-bond acceptors (Lipinski definition) is 2. The van der Waals surface area contributed by atoms with Gasteiger partial charge < -0.3 is 0 Å². The summed E-state index contributed by atoms with van der Waals surface area (Å²) in [5.74, 6) is 1.45. The van der Waals surface area contributed by atoms with Crippen LogP contribution in [0.3, 0.4) is 0 Å². The van der Waals surface area contributed by atoms with Gasteiger partial charge in [-0.05, 0) is 30.4 Å². The van der Waals surface area contributed by atoms with Crippen molar-refractivity contribution in [1.82, 2.24) is 14.6 Å². The lowest BCUT2D eigenvalue weighted by Crippen LogP contribution is -2.17. The van der Waals surface area contributed by atoms with Crippen molar-refractivity contribution in [3.63, 3.8) is 0 Å². The Labute approximate surface area is 93.3 Å². The highest BCUT2D eigenvalue weighted by atomic mass is 16.1. The first-order valence-corrected chi connectivity index (χ1v) is 5.89. The van der Waals surface area contributed by atoms with Crippen molar-refractivity contribution < 1.29 is 0 Å². The lowest BCUT2D eigenvalue weighted by Gasteiger charge is -2.25. The van der Waals surface area contributed by atoms with Gasteiger partial charge in [0.1, 0.15) is 5.82 Å². The van der Waals surface area contributed by atoms with Gasteiger partial charge in [0, 0.05) is 12.5 Å². The molecule has 4 nitrogen and oxygen atoms in total. The van der Waals surface area contributed by atoms with E-state index in [1.54, 1.807) is 6.07 Å². The van der Waals surface area contributed by atoms with Crippen LogP contribution in [0.15, 0.2) is 16.9 Å². The third kappa shape index (κ3) is 1.37. The molecule has 1 N–H and O–H groups in total. The van der Waals surface area contributed by atoms with E-state index in [-0.39, 0.29) is 5.56 Å². The summed E-state index contributed by atoms with van der Waals surface area (Å²) in [5.41, 5.74) is 1.92. The number of fused-ring (bicyclic) bond motifs is 1. The Morgan fingerprint density at radius 2 is 2.31 bits per heavy atom. The molecule has 0 aromatic carbocycles. The van der Waals surface area contributed by atoms with E-state index in [4.69, 9.17) is 0 Å². The van der Waals surface area contributed by atoms with Crippen LogP contribution in [-0.4, -0.2) is 14.6 Å². The second-order valence-corrected chi connectivity index (χ2v) is 4.47. The van der Waals surface area contributed by atoms with Crippen molar-refractivity contribution >= 4 is 5.65 Å². The Bertz CT molecular complexity index is 577. The molecular formula is C12H15N3O. The molecule has 2 heterocycles. The van der Waals surface area contributed by atoms with E-state index in [9.17, 15) is 4.79 Å². The molecule has 1 saturated carbocycles. The first kappa shape index (κ1) is 9.63. The molecular weight excluding hydrogens is 202 g/mol. The summed E-state index contributed by atoms with van der Waals surface area (Å²) in [4.78, 5) is 16.3. The Morgan fingerprint density at radius 3 is 2.94 bits per heavy atom. The van der Waals surface area contributed by atoms with Crippen LogP contribution < -0.4 is 5.56 Å². The third-order valence-electron chi connectivity index (χ3n) is 3.44. The summed E-state index contributed by atoms with van der Waals surface area (Å²) < 4.78 is 1.53. The van der Waals surface area contributed by atoms with E-state index < -0.39 is 0 Å². The number of aromatic amines is 1. The van der Waals surface area contributed by atoms with Gasteiger partial charge in [0.25, 0.3) is 5.56 Å². The maximum Gasteiger partial charge on any atom is 0.271 e. The van der Waals surface area contributed by atoms with Crippen LogP contribution in [0, 0.1) is 0 Å². The van der Waals surface area contributed by atoms with Gasteiger partial charge in [-0.2, -0.15) is 0 Å². The molecule has 1 aliphatic carbocycles. The fourth-order valence-electron chi connectivity index (χ4n) is 2.20. The second-order valence-electron chi connectivity index (χ2n) is 4.47. The van der Waals surface area contributed by atoms with Crippen LogP contribution in [0.4, 0.5) is 0 Å². The molecule has 2 aromatic heterocycles. The van der Waals surface area contributed by atoms with Gasteiger partial charge in [-0.3, -0.25) is 9.89 Å². The Kier molecular flexibility index (Phi) is 2.09. The number of pyridine rings is 1. The number of nitrogens with zero attached hydrogens (tertiary/aromatic N) is 2. The minimum Gasteiger partial charge on any atom is -0.276 e. The van der Waals surface area contributed by atoms with Gasteiger partial charge in [0.2, 0.25) is 0 Å². The number of rotatable bonds is 2. The molecule has 0 unspecified atom stereocenters. The fourth-order valence-corrected chi connectivity index (χ4v) is 2.20. The van der Waals surface area contributed by atoms with Crippen LogP contribution in [0.25, 0.3) is 5.65 Å². The van der Waals surface area contributed by atoms with Crippen molar-refractivity contribution in [2.24, 2.45) is 0 Å². The minimum atomic E-state index is 0.00611. The average Bonchev–Trinajstić information content (AvgIpc) is 2.58. The maximum absolute atomic E-state index is 11.9. The molecule has 1 fully saturated rings. The number of nitrogens with one attached hydrogen (secondary N) is 1. The van der Waals surface area contributed by atoms with E-state index in [1.807, 2.05) is 13.0 Å². The zero-order valence-electron chi connectivity index (χ0n) is 9.36. The van der Waals surface area contributed by atoms with Crippen molar-refractivity contribution in [3.8, 4) is 0 Å². The SMILES string of the molecule is CCc1nc2cc(C3CCC3)cc(=O)n2[nH]1. The fraction of sp³-hybridized carbons (Fsp3) is 0.500. The number of aromatic nitrogens is 3. The van der Waals surface area contributed by atoms with Gasteiger partial charge in [0.05, 0.1) is 0 Å². The predicted octanol–water partition coefficient (Wildman–Crippen LogP) is 1.85. The minimum absolute atomic E-state index is 0.00611. The van der Waals surface area contributed by atoms with Crippen molar-refractivity contribution in [3.05, 3.63) is 33.9 Å². The normalized spacial score (nSPS) is 16.6. The summed E-state index contributed by atoms with van der Waals surface area (Å²) in [6, 6.07) is 3.79. The van der Waals surface area contributed by atoms with Crippen LogP contribution in [0.1, 0.15) is 43.5 Å². The van der Waals surface area contributed by atoms with Crippen LogP contribution in [0.2, 0.25) is 0 Å². The molecule has 2 aromatic rings. The quantitative estimate of drug-likeness (QED) is 0.834. The lowest BCUT2D eigenvalue weighted by molar-refractivity contribution is 0.419. The van der Waals surface area contributed by atoms with E-state index in [0.29, 0.717) is 5.92 Å². The van der Waals surface area contributed by atoms with Gasteiger partial charge >= 0.3 is 0 Å². The van der Waals surface area contributed by atoms with Crippen molar-refractivity contribution in [2.75, 3.05) is 0 Å². The molecule has 84 valence electrons. The zero-order chi connectivity index (χ0) is 11.1. The molecule has 0 amide bonds. The molecule has 0 atom stereocenters. The molecule has 0 spiro atoms. The maximum atomic E-state index is 11.9. The summed E-state index contributed by atoms with van der Waals surface area (Å²) in [5, 5.41) is 3.01. The average molecular weight is 217 g/mol. The highest BCUT2D eigenvalue weighted by molar-refractivity contribution is 5.42. The lowest BCUT2D eigenvalue weighted by atomic mass is 9.80. The standard InChI is InChI=1S/C12H15N3O/c1-2-10-13-11-6-9(8-4-3-5-8)7-12(16)15(11)14-10/h6-8H,2-5H2,1H3,(H,13,14). The Hall–Kier alpha value is -1.58. The van der Waals surface area contributed by atoms with Crippen molar-refractivity contribution in [2.45, 2.75) is 38.5 Å². The monoisotopic (exact) mass is 217 g/mol. The predicted molar refractivity (Wildman–Crippen MR) is 61.8 cm³/mol. The Balaban J connectivity index is 2.16. The van der Waals surface area contributed by atoms with E-state index in [0.717, 1.165) is 23.5 Å². The first-order chi connectivity index (χ1) is 7.78. The van der Waals surface area contributed by atoms with E-state index >= 15 is 0 Å². The summed E-state index contributed by atoms with van der Waals surface area (Å²) in [7, 11) is 0. The molecule has 0 radical (unpaired) electrons. The molecule has 0 saturated heterocycles. The van der Waals surface area contributed by atoms with Crippen LogP contribution in [0.5, 0.6) is 0 Å². The van der Waals surface area contributed by atoms with Gasteiger partial charge in [-0.1, -0.05) is 13.3 Å². The number of aryl methyl sites for hydroxylation is 1. The number of H-pyrrole nitrogens is 1. The van der Waals surface area contributed by atoms with Crippen molar-refractivity contribution in [1.29, 1.82) is 0 Å². The summed E-state index contributed by atoms with van der Waals surface area (Å²) in [6.45, 7) is 2.02. The molecule has 4 heteroatoms. The van der Waals surface area contributed by atoms with Gasteiger partial charge in [-0.15, -0.1) is 0 Å². The van der Waals surface area contributed by atoms with E-state index in [1.165, 1.54) is 23.8 Å². The van der Waals surface area contributed by atoms with Crippen LogP contribution in [-0.2, 0) is 6.42 Å². The van der Waals surface area contributed by atoms with Gasteiger partial charge in [-0.25, -0.2) is 9.50 Å². The topological polar surface area (TPSA) is 50.2 Å². The summed E-state index contributed by atoms with van der Waals surface area (Å²) >= 11 is 0. The number of hydrogen-bond donors (Lipinski definition) is 1. The molecule has 0 aliphatic heterocycles. The summed E-state index contributed by atoms with van der Waals surface area (Å²) in [6.07, 6.45) is 4.52. The third-order valence-corrected chi connectivity index (χ3v) is 3.44. The molecule has 0 bridgehead atoms. The molecule has 16 heavy (non-hydrogen) atoms. The highest BCUT2D eigenvalue weighted by Gasteiger charge is 2.20. The molecule has 1 aliphatic rings. The first-order valence-electron chi connectivity index (χ1n) is 5.89. The smallest absolute Gasteiger partial charge is 0.271 e. The Morgan fingerprint density at radius 1 is 1.50 bits per heavy atom. The van der Waals surface area contributed by atoms with E-state index in [2.05, 4.69) is 10.1 Å². The highest BCUT2D eigenvalue weighted by Crippen LogP contribution is 2.35. The van der Waals surface area contributed by atoms with Gasteiger partial charge in [0.15, 0.2) is 5.65 Å². The van der Waals surface area contributed by atoms with Crippen LogP contribution >= 0.6 is 0 Å². The molecule has 3 rings (SSSR count). The zero-order valence-corrected chi connectivity index (χ0v) is 9.36.